The number of carbonyl (C=O) groups excluding carboxylic acids is 1. The van der Waals surface area contributed by atoms with Gasteiger partial charge in [0, 0.05) is 18.1 Å². The van der Waals surface area contributed by atoms with E-state index in [2.05, 4.69) is 0 Å². The van der Waals surface area contributed by atoms with Crippen molar-refractivity contribution < 1.29 is 18.3 Å². The second-order valence-electron chi connectivity index (χ2n) is 4.28. The summed E-state index contributed by atoms with van der Waals surface area (Å²) in [4.78, 5) is 12.0. The van der Waals surface area contributed by atoms with Gasteiger partial charge < -0.3 is 4.74 Å². The molecule has 0 bridgehead atoms. The average Bonchev–Trinajstić information content (AvgIpc) is 2.28. The molecule has 1 aliphatic heterocycles. The predicted octanol–water partition coefficient (Wildman–Crippen LogP) is 3.03. The van der Waals surface area contributed by atoms with Crippen LogP contribution < -0.4 is 4.74 Å². The summed E-state index contributed by atoms with van der Waals surface area (Å²) in [6, 6.07) is 1.94. The zero-order valence-corrected chi connectivity index (χ0v) is 9.85. The molecule has 17 heavy (non-hydrogen) atoms. The Morgan fingerprint density at radius 2 is 1.94 bits per heavy atom. The molecule has 0 radical (unpaired) electrons. The van der Waals surface area contributed by atoms with E-state index in [9.17, 15) is 13.6 Å². The molecule has 0 aromatic heterocycles. The minimum atomic E-state index is -0.953. The molecular formula is C13H14F2O2. The van der Waals surface area contributed by atoms with Crippen LogP contribution in [0.15, 0.2) is 12.1 Å². The molecule has 0 atom stereocenters. The number of ether oxygens (including phenoxy) is 1. The summed E-state index contributed by atoms with van der Waals surface area (Å²) in [6.45, 7) is 3.65. The minimum absolute atomic E-state index is 0.0229. The van der Waals surface area contributed by atoms with Gasteiger partial charge in [-0.15, -0.1) is 0 Å². The van der Waals surface area contributed by atoms with Crippen molar-refractivity contribution in [3.05, 3.63) is 29.3 Å². The largest absolute Gasteiger partial charge is 0.476 e. The predicted molar refractivity (Wildman–Crippen MR) is 59.0 cm³/mol. The van der Waals surface area contributed by atoms with Crippen LogP contribution >= 0.6 is 0 Å². The number of Topliss-reactive ketones (excluding diaryl/α,β-unsaturated/α-hetero) is 1. The van der Waals surface area contributed by atoms with E-state index in [0.717, 1.165) is 12.1 Å². The van der Waals surface area contributed by atoms with Crippen LogP contribution in [0.3, 0.4) is 0 Å². The molecule has 1 aliphatic rings. The first kappa shape index (κ1) is 12.0. The monoisotopic (exact) mass is 240 g/mol. The van der Waals surface area contributed by atoms with Gasteiger partial charge in [0.1, 0.15) is 5.82 Å². The van der Waals surface area contributed by atoms with Crippen LogP contribution in [-0.4, -0.2) is 11.4 Å². The highest BCUT2D eigenvalue weighted by molar-refractivity contribution is 5.91. The topological polar surface area (TPSA) is 26.3 Å². The van der Waals surface area contributed by atoms with Gasteiger partial charge in [0.2, 0.25) is 0 Å². The number of hydrogen-bond donors (Lipinski definition) is 0. The normalized spacial score (nSPS) is 17.5. The highest BCUT2D eigenvalue weighted by Gasteiger charge is 2.42. The summed E-state index contributed by atoms with van der Waals surface area (Å²) in [7, 11) is 0. The summed E-state index contributed by atoms with van der Waals surface area (Å²) < 4.78 is 32.2. The highest BCUT2D eigenvalue weighted by atomic mass is 19.1. The minimum Gasteiger partial charge on any atom is -0.476 e. The Morgan fingerprint density at radius 3 is 2.53 bits per heavy atom. The van der Waals surface area contributed by atoms with Crippen molar-refractivity contribution in [2.45, 2.75) is 38.7 Å². The lowest BCUT2D eigenvalue weighted by atomic mass is 9.85. The Hall–Kier alpha value is -1.45. The number of carbonyl (C=O) groups is 1. The number of ketones is 1. The van der Waals surface area contributed by atoms with E-state index in [0.29, 0.717) is 18.4 Å². The molecule has 1 aromatic rings. The van der Waals surface area contributed by atoms with Gasteiger partial charge in [-0.25, -0.2) is 8.78 Å². The maximum absolute atomic E-state index is 13.6. The number of hydrogen-bond acceptors (Lipinski definition) is 2. The molecular weight excluding hydrogens is 226 g/mol. The van der Waals surface area contributed by atoms with Crippen LogP contribution in [0.2, 0.25) is 0 Å². The Bertz CT molecular complexity index is 465. The van der Waals surface area contributed by atoms with Gasteiger partial charge in [0.15, 0.2) is 23.0 Å². The molecule has 2 rings (SSSR count). The number of fused-ring (bicyclic) bond motifs is 1. The average molecular weight is 240 g/mol. The summed E-state index contributed by atoms with van der Waals surface area (Å²) in [5, 5.41) is 0. The maximum atomic E-state index is 13.6. The summed E-state index contributed by atoms with van der Waals surface area (Å²) in [6.07, 6.45) is 1.00. The van der Waals surface area contributed by atoms with Crippen molar-refractivity contribution in [1.82, 2.24) is 0 Å². The quantitative estimate of drug-likeness (QED) is 0.794. The third-order valence-corrected chi connectivity index (χ3v) is 3.38. The van der Waals surface area contributed by atoms with Gasteiger partial charge in [0.25, 0.3) is 0 Å². The number of halogens is 2. The molecule has 92 valence electrons. The molecule has 0 N–H and O–H groups in total. The van der Waals surface area contributed by atoms with Gasteiger partial charge in [-0.2, -0.15) is 0 Å². The molecule has 0 spiro atoms. The van der Waals surface area contributed by atoms with Crippen molar-refractivity contribution in [1.29, 1.82) is 0 Å². The van der Waals surface area contributed by atoms with Crippen molar-refractivity contribution in [2.75, 3.05) is 0 Å². The number of benzene rings is 1. The zero-order valence-electron chi connectivity index (χ0n) is 9.85. The lowest BCUT2D eigenvalue weighted by Crippen LogP contribution is -2.47. The molecule has 4 heteroatoms. The zero-order chi connectivity index (χ0) is 12.6. The molecule has 0 aliphatic carbocycles. The van der Waals surface area contributed by atoms with Crippen LogP contribution in [0.4, 0.5) is 8.78 Å². The second-order valence-corrected chi connectivity index (χ2v) is 4.28. The van der Waals surface area contributed by atoms with E-state index >= 15 is 0 Å². The van der Waals surface area contributed by atoms with Crippen molar-refractivity contribution in [2.24, 2.45) is 0 Å². The first-order valence-corrected chi connectivity index (χ1v) is 5.72. The van der Waals surface area contributed by atoms with Gasteiger partial charge in [0.05, 0.1) is 0 Å². The van der Waals surface area contributed by atoms with Crippen LogP contribution in [0.1, 0.15) is 32.3 Å². The molecule has 1 heterocycles. The summed E-state index contributed by atoms with van der Waals surface area (Å²) in [5.41, 5.74) is -0.656. The molecule has 0 amide bonds. The maximum Gasteiger partial charge on any atom is 0.180 e. The number of rotatable bonds is 2. The molecule has 0 saturated heterocycles. The molecule has 2 nitrogen and oxygen atoms in total. The van der Waals surface area contributed by atoms with Gasteiger partial charge >= 0.3 is 0 Å². The highest BCUT2D eigenvalue weighted by Crippen LogP contribution is 2.37. The summed E-state index contributed by atoms with van der Waals surface area (Å²) in [5.74, 6) is -1.51. The Kier molecular flexibility index (Phi) is 2.89. The third-order valence-electron chi connectivity index (χ3n) is 3.38. The second kappa shape index (κ2) is 4.09. The van der Waals surface area contributed by atoms with Gasteiger partial charge in [-0.1, -0.05) is 13.8 Å². The lowest BCUT2D eigenvalue weighted by Gasteiger charge is -2.36. The molecule has 1 aromatic carbocycles. The lowest BCUT2D eigenvalue weighted by molar-refractivity contribution is -0.136. The fourth-order valence-electron chi connectivity index (χ4n) is 2.23. The van der Waals surface area contributed by atoms with Crippen LogP contribution in [0.5, 0.6) is 5.75 Å². The Labute approximate surface area is 98.6 Å². The van der Waals surface area contributed by atoms with Crippen molar-refractivity contribution >= 4 is 5.78 Å². The Balaban J connectivity index is 2.51. The fourth-order valence-corrected chi connectivity index (χ4v) is 2.23. The third kappa shape index (κ3) is 1.81. The van der Waals surface area contributed by atoms with Crippen molar-refractivity contribution in [3.8, 4) is 5.75 Å². The first-order chi connectivity index (χ1) is 8.02. The van der Waals surface area contributed by atoms with Crippen LogP contribution in [-0.2, 0) is 11.2 Å². The van der Waals surface area contributed by atoms with Crippen molar-refractivity contribution in [3.63, 3.8) is 0 Å². The smallest absolute Gasteiger partial charge is 0.180 e. The van der Waals surface area contributed by atoms with Gasteiger partial charge in [-0.05, 0) is 18.9 Å². The van der Waals surface area contributed by atoms with E-state index < -0.39 is 17.2 Å². The SMILES string of the molecule is CCC1(CC)Oc2c(F)cc(F)cc2CC1=O. The van der Waals surface area contributed by atoms with E-state index in [1.807, 2.05) is 13.8 Å². The molecule has 0 unspecified atom stereocenters. The standard InChI is InChI=1S/C13H14F2O2/c1-3-13(4-2)11(16)6-8-5-9(14)7-10(15)12(8)17-13/h5,7H,3-4,6H2,1-2H3. The molecule has 0 saturated carbocycles. The van der Waals surface area contributed by atoms with E-state index in [1.165, 1.54) is 0 Å². The molecule has 0 fully saturated rings. The Morgan fingerprint density at radius 1 is 1.29 bits per heavy atom. The van der Waals surface area contributed by atoms with Crippen LogP contribution in [0.25, 0.3) is 0 Å². The first-order valence-electron chi connectivity index (χ1n) is 5.72. The van der Waals surface area contributed by atoms with Crippen LogP contribution in [0, 0.1) is 11.6 Å². The summed E-state index contributed by atoms with van der Waals surface area (Å²) >= 11 is 0. The van der Waals surface area contributed by atoms with Gasteiger partial charge in [-0.3, -0.25) is 4.79 Å². The van der Waals surface area contributed by atoms with E-state index in [-0.39, 0.29) is 18.0 Å². The van der Waals surface area contributed by atoms with E-state index in [1.54, 1.807) is 0 Å². The fraction of sp³-hybridized carbons (Fsp3) is 0.462. The van der Waals surface area contributed by atoms with E-state index in [4.69, 9.17) is 4.74 Å².